The van der Waals surface area contributed by atoms with Gasteiger partial charge in [-0.3, -0.25) is 19.8 Å². The second-order valence-corrected chi connectivity index (χ2v) is 7.11. The molecule has 0 unspecified atom stereocenters. The highest BCUT2D eigenvalue weighted by Gasteiger charge is 2.22. The largest absolute Gasteiger partial charge is 0.379 e. The smallest absolute Gasteiger partial charge is 0.273 e. The van der Waals surface area contributed by atoms with Crippen LogP contribution in [0.25, 0.3) is 0 Å². The number of nitro benzene ring substituents is 1. The summed E-state index contributed by atoms with van der Waals surface area (Å²) in [5, 5.41) is 14.2. The van der Waals surface area contributed by atoms with E-state index in [0.717, 1.165) is 24.2 Å². The molecule has 148 valence electrons. The van der Waals surface area contributed by atoms with Crippen molar-refractivity contribution in [3.05, 3.63) is 74.8 Å². The van der Waals surface area contributed by atoms with Crippen LogP contribution in [0.3, 0.4) is 0 Å². The van der Waals surface area contributed by atoms with Gasteiger partial charge in [0.25, 0.3) is 11.6 Å². The lowest BCUT2D eigenvalue weighted by Gasteiger charge is -2.31. The first kappa shape index (κ1) is 20.0. The van der Waals surface area contributed by atoms with Gasteiger partial charge in [-0.15, -0.1) is 0 Å². The van der Waals surface area contributed by atoms with Crippen molar-refractivity contribution in [1.82, 2.24) is 10.2 Å². The molecule has 1 aliphatic rings. The molecule has 1 N–H and O–H groups in total. The van der Waals surface area contributed by atoms with E-state index >= 15 is 0 Å². The molecule has 1 aliphatic heterocycles. The molecule has 1 fully saturated rings. The van der Waals surface area contributed by atoms with E-state index in [-0.39, 0.29) is 23.2 Å². The molecule has 2 aromatic carbocycles. The molecule has 0 aromatic heterocycles. The zero-order chi connectivity index (χ0) is 20.1. The fourth-order valence-corrected chi connectivity index (χ4v) is 3.26. The SMILES string of the molecule is Cc1ccc([C@@H](CN2CCOCC2)NC(=O)c2ccc(C)c([N+](=O)[O-])c2)cc1. The molecule has 0 radical (unpaired) electrons. The van der Waals surface area contributed by atoms with Crippen molar-refractivity contribution in [3.63, 3.8) is 0 Å². The lowest BCUT2D eigenvalue weighted by Crippen LogP contribution is -2.43. The first-order valence-corrected chi connectivity index (χ1v) is 9.36. The summed E-state index contributed by atoms with van der Waals surface area (Å²) in [7, 11) is 0. The van der Waals surface area contributed by atoms with Crippen LogP contribution < -0.4 is 5.32 Å². The molecule has 28 heavy (non-hydrogen) atoms. The van der Waals surface area contributed by atoms with Crippen LogP contribution >= 0.6 is 0 Å². The number of carbonyl (C=O) groups is 1. The van der Waals surface area contributed by atoms with E-state index in [1.165, 1.54) is 6.07 Å². The number of benzene rings is 2. The molecule has 0 saturated carbocycles. The van der Waals surface area contributed by atoms with Crippen molar-refractivity contribution in [3.8, 4) is 0 Å². The Balaban J connectivity index is 1.81. The van der Waals surface area contributed by atoms with Crippen LogP contribution in [-0.2, 0) is 4.74 Å². The summed E-state index contributed by atoms with van der Waals surface area (Å²) >= 11 is 0. The Morgan fingerprint density at radius 1 is 1.18 bits per heavy atom. The second-order valence-electron chi connectivity index (χ2n) is 7.11. The Labute approximate surface area is 164 Å². The highest BCUT2D eigenvalue weighted by molar-refractivity contribution is 5.95. The molecule has 7 heteroatoms. The zero-order valence-corrected chi connectivity index (χ0v) is 16.2. The van der Waals surface area contributed by atoms with E-state index in [0.29, 0.717) is 25.3 Å². The lowest BCUT2D eigenvalue weighted by molar-refractivity contribution is -0.385. The summed E-state index contributed by atoms with van der Waals surface area (Å²) < 4.78 is 5.41. The Morgan fingerprint density at radius 3 is 2.50 bits per heavy atom. The molecule has 3 rings (SSSR count). The molecule has 1 saturated heterocycles. The van der Waals surface area contributed by atoms with E-state index in [9.17, 15) is 14.9 Å². The molecular weight excluding hydrogens is 358 g/mol. The summed E-state index contributed by atoms with van der Waals surface area (Å²) in [4.78, 5) is 25.8. The van der Waals surface area contributed by atoms with Gasteiger partial charge in [0, 0.05) is 36.8 Å². The van der Waals surface area contributed by atoms with Gasteiger partial charge in [0.15, 0.2) is 0 Å². The minimum Gasteiger partial charge on any atom is -0.379 e. The summed E-state index contributed by atoms with van der Waals surface area (Å²) in [6, 6.07) is 12.4. The molecule has 2 aromatic rings. The van der Waals surface area contributed by atoms with Crippen LogP contribution in [0.2, 0.25) is 0 Å². The maximum Gasteiger partial charge on any atom is 0.273 e. The molecule has 1 amide bonds. The van der Waals surface area contributed by atoms with Gasteiger partial charge in [-0.1, -0.05) is 35.9 Å². The predicted octanol–water partition coefficient (Wildman–Crippen LogP) is 3.01. The average molecular weight is 383 g/mol. The van der Waals surface area contributed by atoms with Crippen LogP contribution in [0, 0.1) is 24.0 Å². The van der Waals surface area contributed by atoms with Gasteiger partial charge in [0.2, 0.25) is 0 Å². The fourth-order valence-electron chi connectivity index (χ4n) is 3.26. The molecule has 0 bridgehead atoms. The Bertz CT molecular complexity index is 845. The normalized spacial score (nSPS) is 15.8. The van der Waals surface area contributed by atoms with Crippen LogP contribution in [0.15, 0.2) is 42.5 Å². The van der Waals surface area contributed by atoms with E-state index < -0.39 is 4.92 Å². The minimum absolute atomic E-state index is 0.0484. The Kier molecular flexibility index (Phi) is 6.38. The molecule has 0 spiro atoms. The van der Waals surface area contributed by atoms with E-state index in [4.69, 9.17) is 4.74 Å². The van der Waals surface area contributed by atoms with Crippen molar-refractivity contribution in [2.45, 2.75) is 19.9 Å². The number of carbonyl (C=O) groups excluding carboxylic acids is 1. The monoisotopic (exact) mass is 383 g/mol. The maximum absolute atomic E-state index is 12.8. The summed E-state index contributed by atoms with van der Waals surface area (Å²) in [6.07, 6.45) is 0. The second kappa shape index (κ2) is 8.95. The van der Waals surface area contributed by atoms with Gasteiger partial charge >= 0.3 is 0 Å². The van der Waals surface area contributed by atoms with Crippen LogP contribution in [0.1, 0.15) is 33.1 Å². The van der Waals surface area contributed by atoms with Gasteiger partial charge in [0.05, 0.1) is 24.2 Å². The highest BCUT2D eigenvalue weighted by atomic mass is 16.6. The van der Waals surface area contributed by atoms with Crippen LogP contribution in [-0.4, -0.2) is 48.6 Å². The lowest BCUT2D eigenvalue weighted by atomic mass is 10.0. The predicted molar refractivity (Wildman–Crippen MR) is 106 cm³/mol. The number of nitrogens with one attached hydrogen (secondary N) is 1. The number of aryl methyl sites for hydroxylation is 2. The molecular formula is C21H25N3O4. The third kappa shape index (κ3) is 4.94. The summed E-state index contributed by atoms with van der Waals surface area (Å²) in [6.45, 7) is 7.32. The Morgan fingerprint density at radius 2 is 1.86 bits per heavy atom. The molecule has 0 aliphatic carbocycles. The number of nitrogens with zero attached hydrogens (tertiary/aromatic N) is 2. The number of hydrogen-bond acceptors (Lipinski definition) is 5. The fraction of sp³-hybridized carbons (Fsp3) is 0.381. The zero-order valence-electron chi connectivity index (χ0n) is 16.2. The number of morpholine rings is 1. The van der Waals surface area contributed by atoms with Crippen molar-refractivity contribution in [1.29, 1.82) is 0 Å². The van der Waals surface area contributed by atoms with Gasteiger partial charge in [-0.25, -0.2) is 0 Å². The third-order valence-corrected chi connectivity index (χ3v) is 5.00. The number of amides is 1. The average Bonchev–Trinajstić information content (AvgIpc) is 2.69. The van der Waals surface area contributed by atoms with Crippen molar-refractivity contribution in [2.75, 3.05) is 32.8 Å². The molecule has 1 heterocycles. The standard InChI is InChI=1S/C21H25N3O4/c1-15-3-6-17(7-4-15)19(14-23-9-11-28-12-10-23)22-21(25)18-8-5-16(2)20(13-18)24(26)27/h3-8,13,19H,9-12,14H2,1-2H3,(H,22,25)/t19-/m1/s1. The third-order valence-electron chi connectivity index (χ3n) is 5.00. The highest BCUT2D eigenvalue weighted by Crippen LogP contribution is 2.21. The van der Waals surface area contributed by atoms with E-state index in [2.05, 4.69) is 10.2 Å². The Hall–Kier alpha value is -2.77. The number of hydrogen-bond donors (Lipinski definition) is 1. The van der Waals surface area contributed by atoms with Gasteiger partial charge in [-0.2, -0.15) is 0 Å². The quantitative estimate of drug-likeness (QED) is 0.612. The van der Waals surface area contributed by atoms with Gasteiger partial charge in [0.1, 0.15) is 0 Å². The number of ether oxygens (including phenoxy) is 1. The van der Waals surface area contributed by atoms with Crippen molar-refractivity contribution < 1.29 is 14.5 Å². The summed E-state index contributed by atoms with van der Waals surface area (Å²) in [5.74, 6) is -0.318. The van der Waals surface area contributed by atoms with Crippen LogP contribution in [0.5, 0.6) is 0 Å². The van der Waals surface area contributed by atoms with E-state index in [1.807, 2.05) is 31.2 Å². The van der Waals surface area contributed by atoms with E-state index in [1.54, 1.807) is 19.1 Å². The number of rotatable bonds is 6. The van der Waals surface area contributed by atoms with Gasteiger partial charge in [-0.05, 0) is 25.5 Å². The van der Waals surface area contributed by atoms with Crippen LogP contribution in [0.4, 0.5) is 5.69 Å². The van der Waals surface area contributed by atoms with Crippen molar-refractivity contribution in [2.24, 2.45) is 0 Å². The first-order chi connectivity index (χ1) is 13.4. The topological polar surface area (TPSA) is 84.7 Å². The summed E-state index contributed by atoms with van der Waals surface area (Å²) in [5.41, 5.74) is 2.93. The minimum atomic E-state index is -0.461. The van der Waals surface area contributed by atoms with Crippen molar-refractivity contribution >= 4 is 11.6 Å². The first-order valence-electron chi connectivity index (χ1n) is 9.36. The maximum atomic E-state index is 12.8. The molecule has 7 nitrogen and oxygen atoms in total. The van der Waals surface area contributed by atoms with Gasteiger partial charge < -0.3 is 10.1 Å². The molecule has 1 atom stereocenters. The number of nitro groups is 1.